The number of aliphatic hydroxyl groups excluding tert-OH is 1. The molecule has 1 amide bonds. The Morgan fingerprint density at radius 3 is 2.44 bits per heavy atom. The number of amides is 1. The Labute approximate surface area is 216 Å². The van der Waals surface area contributed by atoms with Gasteiger partial charge in [0.25, 0.3) is 0 Å². The Morgan fingerprint density at radius 1 is 1.03 bits per heavy atom. The quantitative estimate of drug-likeness (QED) is 0.564. The van der Waals surface area contributed by atoms with Gasteiger partial charge in [-0.3, -0.25) is 4.79 Å². The summed E-state index contributed by atoms with van der Waals surface area (Å²) in [4.78, 5) is 22.5. The normalized spacial score (nSPS) is 43.8. The monoisotopic (exact) mass is 455 g/mol. The van der Waals surface area contributed by atoms with E-state index in [1.165, 1.54) is 44.9 Å². The van der Waals surface area contributed by atoms with Gasteiger partial charge in [-0.25, -0.2) is 0 Å². The molecule has 0 aromatic rings. The van der Waals surface area contributed by atoms with Gasteiger partial charge in [0.05, 0.1) is 18.6 Å². The molecule has 0 bridgehead atoms. The van der Waals surface area contributed by atoms with Gasteiger partial charge in [-0.1, -0.05) is 20.8 Å². The molecule has 4 fully saturated rings. The minimum absolute atomic E-state index is 0. The number of aliphatic hydroxyl groups is 1. The number of carboxylic acid groups (broad SMARTS) is 1. The summed E-state index contributed by atoms with van der Waals surface area (Å²) in [6.07, 6.45) is 12.2. The van der Waals surface area contributed by atoms with E-state index in [9.17, 15) is 19.8 Å². The molecule has 4 aliphatic rings. The smallest absolute Gasteiger partial charge is 0.548 e. The molecule has 0 unspecified atom stereocenters. The summed E-state index contributed by atoms with van der Waals surface area (Å²) < 4.78 is 0. The first-order valence-corrected chi connectivity index (χ1v) is 12.8. The van der Waals surface area contributed by atoms with Crippen molar-refractivity contribution in [3.63, 3.8) is 0 Å². The van der Waals surface area contributed by atoms with Crippen LogP contribution in [0.3, 0.4) is 0 Å². The largest absolute Gasteiger partial charge is 1.00 e. The molecule has 0 aromatic carbocycles. The molecule has 9 atom stereocenters. The zero-order chi connectivity index (χ0) is 22.4. The maximum atomic E-state index is 12.0. The zero-order valence-electron chi connectivity index (χ0n) is 20.7. The molecule has 0 spiro atoms. The van der Waals surface area contributed by atoms with Crippen molar-refractivity contribution in [3.05, 3.63) is 0 Å². The van der Waals surface area contributed by atoms with E-state index in [-0.39, 0.29) is 41.6 Å². The van der Waals surface area contributed by atoms with E-state index in [1.54, 1.807) is 0 Å². The fourth-order valence-electron chi connectivity index (χ4n) is 9.03. The molecule has 0 heterocycles. The van der Waals surface area contributed by atoms with Crippen molar-refractivity contribution in [1.29, 1.82) is 0 Å². The van der Waals surface area contributed by atoms with Crippen LogP contribution >= 0.6 is 0 Å². The van der Waals surface area contributed by atoms with Crippen LogP contribution in [0, 0.1) is 46.3 Å². The molecule has 0 aliphatic heterocycles. The van der Waals surface area contributed by atoms with Gasteiger partial charge < -0.3 is 20.3 Å². The van der Waals surface area contributed by atoms with Gasteiger partial charge in [0.1, 0.15) is 0 Å². The van der Waals surface area contributed by atoms with Gasteiger partial charge in [0.15, 0.2) is 0 Å². The summed E-state index contributed by atoms with van der Waals surface area (Å²) >= 11 is 0. The number of rotatable bonds is 6. The van der Waals surface area contributed by atoms with Gasteiger partial charge in [-0.15, -0.1) is 0 Å². The van der Waals surface area contributed by atoms with E-state index >= 15 is 0 Å². The number of carbonyl (C=O) groups excluding carboxylic acids is 2. The molecule has 5 nitrogen and oxygen atoms in total. The predicted octanol–water partition coefficient (Wildman–Crippen LogP) is 0.293. The van der Waals surface area contributed by atoms with Crippen LogP contribution in [-0.4, -0.2) is 29.6 Å². The fraction of sp³-hybridized carbons (Fsp3) is 0.923. The topological polar surface area (TPSA) is 89.5 Å². The molecule has 6 heteroatoms. The minimum atomic E-state index is -1.24. The van der Waals surface area contributed by atoms with Crippen LogP contribution in [0.2, 0.25) is 0 Å². The Hall–Kier alpha value is -0.100. The van der Waals surface area contributed by atoms with Gasteiger partial charge >= 0.3 is 29.6 Å². The SMILES string of the molecule is C[C@H](CCC(=O)NCC(=O)[O-])[C@H]1CC[C@H]2[C@@H]3CC[C@H]4C[C@H](O)CC[C@]4(C)[C@@H]3CC[C@]12C.[Na+]. The number of aliphatic carboxylic acids is 1. The summed E-state index contributed by atoms with van der Waals surface area (Å²) in [6.45, 7) is 6.99. The van der Waals surface area contributed by atoms with Gasteiger partial charge in [-0.2, -0.15) is 0 Å². The van der Waals surface area contributed by atoms with E-state index in [1.807, 2.05) is 0 Å². The Balaban J connectivity index is 0.00000289. The second-order valence-electron chi connectivity index (χ2n) is 12.0. The average molecular weight is 456 g/mol. The maximum absolute atomic E-state index is 12.0. The van der Waals surface area contributed by atoms with Gasteiger partial charge in [-0.05, 0) is 111 Å². The van der Waals surface area contributed by atoms with E-state index in [0.29, 0.717) is 35.0 Å². The first-order chi connectivity index (χ1) is 14.6. The molecular weight excluding hydrogens is 413 g/mol. The van der Waals surface area contributed by atoms with E-state index in [0.717, 1.165) is 37.0 Å². The van der Waals surface area contributed by atoms with Crippen molar-refractivity contribution in [1.82, 2.24) is 5.32 Å². The molecule has 4 rings (SSSR count). The number of hydrogen-bond donors (Lipinski definition) is 2. The molecule has 4 aliphatic carbocycles. The average Bonchev–Trinajstić information content (AvgIpc) is 3.08. The van der Waals surface area contributed by atoms with Gasteiger partial charge in [0.2, 0.25) is 5.91 Å². The molecule has 0 aromatic heterocycles. The first-order valence-electron chi connectivity index (χ1n) is 12.8. The number of nitrogens with one attached hydrogen (secondary N) is 1. The van der Waals surface area contributed by atoms with Crippen molar-refractivity contribution < 1.29 is 49.4 Å². The number of fused-ring (bicyclic) bond motifs is 5. The summed E-state index contributed by atoms with van der Waals surface area (Å²) in [7, 11) is 0. The number of hydrogen-bond acceptors (Lipinski definition) is 4. The third-order valence-electron chi connectivity index (χ3n) is 10.7. The molecule has 4 saturated carbocycles. The van der Waals surface area contributed by atoms with Crippen LogP contribution in [-0.2, 0) is 9.59 Å². The Bertz CT molecular complexity index is 701. The van der Waals surface area contributed by atoms with E-state index in [4.69, 9.17) is 0 Å². The van der Waals surface area contributed by atoms with Gasteiger partial charge in [0, 0.05) is 6.42 Å². The number of carboxylic acids is 1. The zero-order valence-corrected chi connectivity index (χ0v) is 22.7. The molecule has 0 saturated heterocycles. The molecular formula is C26H42NNaO4. The molecule has 2 N–H and O–H groups in total. The summed E-state index contributed by atoms with van der Waals surface area (Å²) in [5, 5.41) is 23.2. The molecule has 176 valence electrons. The Morgan fingerprint density at radius 2 is 1.72 bits per heavy atom. The molecule has 0 radical (unpaired) electrons. The third-order valence-corrected chi connectivity index (χ3v) is 10.7. The van der Waals surface area contributed by atoms with Crippen molar-refractivity contribution in [3.8, 4) is 0 Å². The van der Waals surface area contributed by atoms with Crippen LogP contribution in [0.15, 0.2) is 0 Å². The van der Waals surface area contributed by atoms with Crippen LogP contribution < -0.4 is 40.0 Å². The van der Waals surface area contributed by atoms with Crippen LogP contribution in [0.5, 0.6) is 0 Å². The van der Waals surface area contributed by atoms with E-state index < -0.39 is 12.5 Å². The van der Waals surface area contributed by atoms with Crippen LogP contribution in [0.4, 0.5) is 0 Å². The van der Waals surface area contributed by atoms with Crippen LogP contribution in [0.1, 0.15) is 91.4 Å². The second kappa shape index (κ2) is 10.3. The molecule has 32 heavy (non-hydrogen) atoms. The predicted molar refractivity (Wildman–Crippen MR) is 118 cm³/mol. The van der Waals surface area contributed by atoms with Crippen molar-refractivity contribution in [2.45, 2.75) is 97.5 Å². The summed E-state index contributed by atoms with van der Waals surface area (Å²) in [5.74, 6) is 2.89. The standard InChI is InChI=1S/C26H43NO4.Na/c1-16(4-9-23(29)27-15-24(30)31)20-7-8-21-19-6-5-17-14-18(28)10-12-25(17,2)22(19)11-13-26(20,21)3;/h16-22,28H,4-15H2,1-3H3,(H,27,29)(H,30,31);/q;+1/p-1/t16-,17+,18-,19+,20-,21+,22-,25+,26-;/m1./s1. The Kier molecular flexibility index (Phi) is 8.49. The van der Waals surface area contributed by atoms with Crippen LogP contribution in [0.25, 0.3) is 0 Å². The van der Waals surface area contributed by atoms with Crippen molar-refractivity contribution >= 4 is 11.9 Å². The maximum Gasteiger partial charge on any atom is 1.00 e. The summed E-state index contributed by atoms with van der Waals surface area (Å²) in [5.41, 5.74) is 0.795. The van der Waals surface area contributed by atoms with E-state index in [2.05, 4.69) is 26.1 Å². The summed E-state index contributed by atoms with van der Waals surface area (Å²) in [6, 6.07) is 0. The first kappa shape index (κ1) is 26.5. The second-order valence-corrected chi connectivity index (χ2v) is 12.0. The third kappa shape index (κ3) is 4.83. The van der Waals surface area contributed by atoms with Crippen molar-refractivity contribution in [2.24, 2.45) is 46.3 Å². The number of carbonyl (C=O) groups is 2. The fourth-order valence-corrected chi connectivity index (χ4v) is 9.03. The van der Waals surface area contributed by atoms with Crippen molar-refractivity contribution in [2.75, 3.05) is 6.54 Å². The minimum Gasteiger partial charge on any atom is -0.548 e.